The number of halogens is 1. The van der Waals surface area contributed by atoms with E-state index in [4.69, 9.17) is 16.3 Å². The lowest BCUT2D eigenvalue weighted by Crippen LogP contribution is -2.45. The van der Waals surface area contributed by atoms with Crippen molar-refractivity contribution in [2.45, 2.75) is 31.7 Å². The predicted octanol–water partition coefficient (Wildman–Crippen LogP) is 2.81. The van der Waals surface area contributed by atoms with E-state index in [1.807, 2.05) is 21.9 Å². The number of pyridine rings is 2. The van der Waals surface area contributed by atoms with Crippen LogP contribution in [0.2, 0.25) is 5.15 Å². The van der Waals surface area contributed by atoms with E-state index >= 15 is 0 Å². The number of piperidine rings is 1. The number of carbonyl (C=O) groups excluding carboxylic acids is 3. The lowest BCUT2D eigenvalue weighted by Gasteiger charge is -2.39. The molecule has 0 bridgehead atoms. The molecule has 0 unspecified atom stereocenters. The minimum atomic E-state index is -0.407. The predicted molar refractivity (Wildman–Crippen MR) is 132 cm³/mol. The van der Waals surface area contributed by atoms with Crippen LogP contribution in [0, 0.1) is 11.3 Å². The molecule has 5 rings (SSSR count). The highest BCUT2D eigenvalue weighted by molar-refractivity contribution is 6.29. The van der Waals surface area contributed by atoms with E-state index in [9.17, 15) is 14.4 Å². The molecule has 2 atom stereocenters. The summed E-state index contributed by atoms with van der Waals surface area (Å²) in [6.07, 6.45) is 6.21. The molecule has 190 valence electrons. The first-order valence-electron chi connectivity index (χ1n) is 12.3. The largest absolute Gasteiger partial charge is 0.481 e. The summed E-state index contributed by atoms with van der Waals surface area (Å²) in [5, 5.41) is 0.219. The van der Waals surface area contributed by atoms with Gasteiger partial charge in [0.1, 0.15) is 5.15 Å². The van der Waals surface area contributed by atoms with Crippen LogP contribution < -0.4 is 4.74 Å². The molecular weight excluding hydrogens is 482 g/mol. The van der Waals surface area contributed by atoms with Crippen molar-refractivity contribution in [3.05, 3.63) is 52.9 Å². The summed E-state index contributed by atoms with van der Waals surface area (Å²) < 4.78 is 5.14. The Hall–Kier alpha value is -3.20. The number of nitrogens with zero attached hydrogens (tertiary/aromatic N) is 5. The van der Waals surface area contributed by atoms with E-state index in [0.29, 0.717) is 37.6 Å². The minimum Gasteiger partial charge on any atom is -0.481 e. The standard InChI is InChI=1S/C26H30ClN5O4/c1-30-22(33)14-19(23(30)17-4-3-8-28-15-17)25(35)32-11-7-26(16-32)5-9-31(10-6-26)24(34)18-12-20(27)29-21(13-18)36-2/h3-4,8,12-13,15,19,23H,5-7,9-11,14,16H2,1-2H3/t19-,23+/m1/s1. The zero-order valence-electron chi connectivity index (χ0n) is 20.5. The van der Waals surface area contributed by atoms with Crippen molar-refractivity contribution in [3.63, 3.8) is 0 Å². The zero-order valence-corrected chi connectivity index (χ0v) is 21.3. The molecule has 3 saturated heterocycles. The SMILES string of the molecule is COc1cc(C(=O)N2CCC3(CC2)CCN(C(=O)[C@@H]2CC(=O)N(C)[C@H]2c2cccnc2)C3)cc(Cl)n1. The number of methoxy groups -OCH3 is 1. The van der Waals surface area contributed by atoms with Crippen molar-refractivity contribution < 1.29 is 19.1 Å². The first-order chi connectivity index (χ1) is 17.3. The Labute approximate surface area is 215 Å². The molecule has 5 heterocycles. The van der Waals surface area contributed by atoms with Gasteiger partial charge in [-0.1, -0.05) is 17.7 Å². The Kier molecular flexibility index (Phi) is 6.59. The molecule has 3 aliphatic rings. The van der Waals surface area contributed by atoms with Crippen LogP contribution >= 0.6 is 11.6 Å². The molecule has 1 spiro atoms. The average Bonchev–Trinajstić information content (AvgIpc) is 3.44. The third-order valence-corrected chi connectivity index (χ3v) is 8.21. The van der Waals surface area contributed by atoms with Gasteiger partial charge in [0.25, 0.3) is 5.91 Å². The number of carbonyl (C=O) groups is 3. The van der Waals surface area contributed by atoms with E-state index in [0.717, 1.165) is 24.8 Å². The number of amides is 3. The van der Waals surface area contributed by atoms with E-state index in [1.54, 1.807) is 36.5 Å². The number of likely N-dealkylation sites (tertiary alicyclic amines) is 3. The van der Waals surface area contributed by atoms with Gasteiger partial charge < -0.3 is 19.4 Å². The summed E-state index contributed by atoms with van der Waals surface area (Å²) in [4.78, 5) is 52.9. The van der Waals surface area contributed by atoms with Gasteiger partial charge in [-0.3, -0.25) is 19.4 Å². The Morgan fingerprint density at radius 1 is 1.14 bits per heavy atom. The molecule has 10 heteroatoms. The van der Waals surface area contributed by atoms with Crippen LogP contribution in [0.4, 0.5) is 0 Å². The van der Waals surface area contributed by atoms with Crippen LogP contribution in [0.15, 0.2) is 36.7 Å². The summed E-state index contributed by atoms with van der Waals surface area (Å²) in [6.45, 7) is 2.58. The second-order valence-electron chi connectivity index (χ2n) is 10.1. The van der Waals surface area contributed by atoms with Crippen molar-refractivity contribution in [1.29, 1.82) is 0 Å². The van der Waals surface area contributed by atoms with Crippen LogP contribution in [-0.2, 0) is 9.59 Å². The molecule has 3 fully saturated rings. The van der Waals surface area contributed by atoms with Crippen molar-refractivity contribution >= 4 is 29.3 Å². The summed E-state index contributed by atoms with van der Waals surface area (Å²) >= 11 is 6.05. The third-order valence-electron chi connectivity index (χ3n) is 8.02. The highest BCUT2D eigenvalue weighted by Crippen LogP contribution is 2.44. The van der Waals surface area contributed by atoms with Gasteiger partial charge in [0.15, 0.2) is 0 Å². The number of rotatable bonds is 4. The third kappa shape index (κ3) is 4.52. The highest BCUT2D eigenvalue weighted by atomic mass is 35.5. The second kappa shape index (κ2) is 9.69. The second-order valence-corrected chi connectivity index (χ2v) is 10.5. The molecule has 3 amide bonds. The first-order valence-corrected chi connectivity index (χ1v) is 12.6. The van der Waals surface area contributed by atoms with E-state index < -0.39 is 5.92 Å². The summed E-state index contributed by atoms with van der Waals surface area (Å²) in [6, 6.07) is 6.64. The van der Waals surface area contributed by atoms with Crippen molar-refractivity contribution in [2.75, 3.05) is 40.3 Å². The smallest absolute Gasteiger partial charge is 0.254 e. The molecule has 2 aromatic rings. The summed E-state index contributed by atoms with van der Waals surface area (Å²) in [5.74, 6) is -0.170. The molecule has 3 aliphatic heterocycles. The zero-order chi connectivity index (χ0) is 25.4. The number of hydrogen-bond acceptors (Lipinski definition) is 6. The normalized spacial score (nSPS) is 23.4. The molecular formula is C26H30ClN5O4. The van der Waals surface area contributed by atoms with Gasteiger partial charge in [-0.25, -0.2) is 4.98 Å². The Balaban J connectivity index is 1.24. The van der Waals surface area contributed by atoms with Crippen LogP contribution in [-0.4, -0.2) is 82.7 Å². The fourth-order valence-electron chi connectivity index (χ4n) is 5.93. The quantitative estimate of drug-likeness (QED) is 0.586. The van der Waals surface area contributed by atoms with Gasteiger partial charge in [-0.2, -0.15) is 0 Å². The van der Waals surface area contributed by atoms with E-state index in [2.05, 4.69) is 9.97 Å². The highest BCUT2D eigenvalue weighted by Gasteiger charge is 2.48. The van der Waals surface area contributed by atoms with Gasteiger partial charge >= 0.3 is 0 Å². The number of hydrogen-bond donors (Lipinski definition) is 0. The molecule has 2 aromatic heterocycles. The fraction of sp³-hybridized carbons (Fsp3) is 0.500. The van der Waals surface area contributed by atoms with Crippen LogP contribution in [0.1, 0.15) is 47.6 Å². The van der Waals surface area contributed by atoms with Gasteiger partial charge in [0.2, 0.25) is 17.7 Å². The number of ether oxygens (including phenoxy) is 1. The molecule has 0 aliphatic carbocycles. The van der Waals surface area contributed by atoms with Gasteiger partial charge in [-0.05, 0) is 42.4 Å². The summed E-state index contributed by atoms with van der Waals surface area (Å²) in [5.41, 5.74) is 1.35. The lowest BCUT2D eigenvalue weighted by atomic mass is 9.77. The molecule has 9 nitrogen and oxygen atoms in total. The van der Waals surface area contributed by atoms with E-state index in [-0.39, 0.29) is 40.8 Å². The molecule has 0 saturated carbocycles. The van der Waals surface area contributed by atoms with Crippen molar-refractivity contribution in [2.24, 2.45) is 11.3 Å². The lowest BCUT2D eigenvalue weighted by molar-refractivity contribution is -0.136. The minimum absolute atomic E-state index is 0.00165. The van der Waals surface area contributed by atoms with Gasteiger partial charge in [-0.15, -0.1) is 0 Å². The van der Waals surface area contributed by atoms with Crippen molar-refractivity contribution in [1.82, 2.24) is 24.7 Å². The summed E-state index contributed by atoms with van der Waals surface area (Å²) in [7, 11) is 3.25. The Bertz CT molecular complexity index is 1170. The fourth-order valence-corrected chi connectivity index (χ4v) is 6.13. The van der Waals surface area contributed by atoms with Crippen LogP contribution in [0.3, 0.4) is 0 Å². The molecule has 0 radical (unpaired) electrons. The maximum absolute atomic E-state index is 13.6. The van der Waals surface area contributed by atoms with E-state index in [1.165, 1.54) is 7.11 Å². The Morgan fingerprint density at radius 2 is 1.86 bits per heavy atom. The first kappa shape index (κ1) is 24.5. The average molecular weight is 512 g/mol. The van der Waals surface area contributed by atoms with Crippen molar-refractivity contribution in [3.8, 4) is 5.88 Å². The maximum Gasteiger partial charge on any atom is 0.254 e. The molecule has 0 aromatic carbocycles. The molecule has 0 N–H and O–H groups in total. The van der Waals surface area contributed by atoms with Crippen LogP contribution in [0.25, 0.3) is 0 Å². The molecule has 36 heavy (non-hydrogen) atoms. The van der Waals surface area contributed by atoms with Crippen LogP contribution in [0.5, 0.6) is 5.88 Å². The number of aromatic nitrogens is 2. The van der Waals surface area contributed by atoms with Gasteiger partial charge in [0.05, 0.1) is 19.1 Å². The monoisotopic (exact) mass is 511 g/mol. The Morgan fingerprint density at radius 3 is 2.53 bits per heavy atom. The maximum atomic E-state index is 13.6. The van der Waals surface area contributed by atoms with Gasteiger partial charge in [0, 0.05) is 63.7 Å². The topological polar surface area (TPSA) is 95.9 Å².